The van der Waals surface area contributed by atoms with Crippen LogP contribution < -0.4 is 5.32 Å². The number of aryl methyl sites for hydroxylation is 2. The number of hydrogen-bond donors (Lipinski definition) is 1. The van der Waals surface area contributed by atoms with E-state index in [-0.39, 0.29) is 17.2 Å². The highest BCUT2D eigenvalue weighted by atomic mass is 35.5. The molecule has 1 aromatic heterocycles. The van der Waals surface area contributed by atoms with E-state index in [1.54, 1.807) is 6.33 Å². The van der Waals surface area contributed by atoms with Gasteiger partial charge in [-0.1, -0.05) is 59.8 Å². The zero-order valence-corrected chi connectivity index (χ0v) is 18.4. The SMILES string of the molecule is Cc1ccc(-n2cnnc2SC(C)C(=O)NC(C)CCc2ccccc2)cc1Cl. The van der Waals surface area contributed by atoms with Crippen molar-refractivity contribution in [2.45, 2.75) is 50.1 Å². The molecule has 7 heteroatoms. The fraction of sp³-hybridized carbons (Fsp3) is 0.318. The molecular formula is C22H25ClN4OS. The predicted octanol–water partition coefficient (Wildman–Crippen LogP) is 4.85. The van der Waals surface area contributed by atoms with Crippen LogP contribution in [0.15, 0.2) is 60.0 Å². The molecule has 0 fully saturated rings. The van der Waals surface area contributed by atoms with Crippen molar-refractivity contribution in [2.24, 2.45) is 0 Å². The van der Waals surface area contributed by atoms with Crippen LogP contribution in [0.1, 0.15) is 31.4 Å². The summed E-state index contributed by atoms with van der Waals surface area (Å²) in [5.74, 6) is -0.00736. The lowest BCUT2D eigenvalue weighted by molar-refractivity contribution is -0.120. The first-order chi connectivity index (χ1) is 13.9. The summed E-state index contributed by atoms with van der Waals surface area (Å²) in [6.45, 7) is 5.87. The fourth-order valence-corrected chi connectivity index (χ4v) is 3.91. The van der Waals surface area contributed by atoms with Gasteiger partial charge in [-0.2, -0.15) is 0 Å². The Kier molecular flexibility index (Phi) is 7.34. The summed E-state index contributed by atoms with van der Waals surface area (Å²) < 4.78 is 1.85. The van der Waals surface area contributed by atoms with E-state index in [0.29, 0.717) is 10.2 Å². The van der Waals surface area contributed by atoms with Gasteiger partial charge in [0.2, 0.25) is 5.91 Å². The molecule has 0 spiro atoms. The van der Waals surface area contributed by atoms with Gasteiger partial charge in [-0.3, -0.25) is 9.36 Å². The quantitative estimate of drug-likeness (QED) is 0.521. The molecule has 29 heavy (non-hydrogen) atoms. The van der Waals surface area contributed by atoms with Gasteiger partial charge in [-0.15, -0.1) is 10.2 Å². The summed E-state index contributed by atoms with van der Waals surface area (Å²) in [4.78, 5) is 12.6. The smallest absolute Gasteiger partial charge is 0.233 e. The number of aromatic nitrogens is 3. The minimum Gasteiger partial charge on any atom is -0.353 e. The third-order valence-electron chi connectivity index (χ3n) is 4.70. The molecule has 0 saturated carbocycles. The van der Waals surface area contributed by atoms with Crippen molar-refractivity contribution in [3.05, 3.63) is 71.0 Å². The lowest BCUT2D eigenvalue weighted by atomic mass is 10.1. The monoisotopic (exact) mass is 428 g/mol. The average Bonchev–Trinajstić information content (AvgIpc) is 3.17. The summed E-state index contributed by atoms with van der Waals surface area (Å²) in [6.07, 6.45) is 3.47. The first-order valence-corrected chi connectivity index (χ1v) is 10.9. The van der Waals surface area contributed by atoms with Gasteiger partial charge >= 0.3 is 0 Å². The fourth-order valence-electron chi connectivity index (χ4n) is 2.89. The zero-order chi connectivity index (χ0) is 20.8. The van der Waals surface area contributed by atoms with Gasteiger partial charge < -0.3 is 5.32 Å². The first kappa shape index (κ1) is 21.4. The number of halogens is 1. The standard InChI is InChI=1S/C22H25ClN4OS/c1-15-9-12-19(13-20(15)23)27-14-24-26-22(27)29-17(3)21(28)25-16(2)10-11-18-7-5-4-6-8-18/h4-9,12-14,16-17H,10-11H2,1-3H3,(H,25,28). The van der Waals surface area contributed by atoms with Crippen LogP contribution in [0.5, 0.6) is 0 Å². The van der Waals surface area contributed by atoms with E-state index in [0.717, 1.165) is 24.1 Å². The molecule has 2 unspecified atom stereocenters. The Morgan fingerprint density at radius 1 is 1.21 bits per heavy atom. The normalized spacial score (nSPS) is 13.1. The Morgan fingerprint density at radius 2 is 1.97 bits per heavy atom. The summed E-state index contributed by atoms with van der Waals surface area (Å²) in [6, 6.07) is 16.2. The summed E-state index contributed by atoms with van der Waals surface area (Å²) in [7, 11) is 0. The number of amides is 1. The molecule has 0 bridgehead atoms. The molecule has 0 aliphatic carbocycles. The Labute approximate surface area is 180 Å². The molecule has 5 nitrogen and oxygen atoms in total. The van der Waals surface area contributed by atoms with Crippen molar-refractivity contribution in [2.75, 3.05) is 0 Å². The number of carbonyl (C=O) groups excluding carboxylic acids is 1. The molecule has 0 saturated heterocycles. The maximum absolute atomic E-state index is 12.6. The highest BCUT2D eigenvalue weighted by Crippen LogP contribution is 2.26. The van der Waals surface area contributed by atoms with E-state index >= 15 is 0 Å². The van der Waals surface area contributed by atoms with Crippen LogP contribution in [0.2, 0.25) is 5.02 Å². The van der Waals surface area contributed by atoms with Crippen LogP contribution in [-0.2, 0) is 11.2 Å². The number of benzene rings is 2. The van der Waals surface area contributed by atoms with Crippen LogP contribution in [0.4, 0.5) is 0 Å². The van der Waals surface area contributed by atoms with E-state index in [1.165, 1.54) is 17.3 Å². The van der Waals surface area contributed by atoms with Crippen molar-refractivity contribution in [1.82, 2.24) is 20.1 Å². The lowest BCUT2D eigenvalue weighted by Crippen LogP contribution is -2.38. The van der Waals surface area contributed by atoms with E-state index in [2.05, 4.69) is 27.6 Å². The van der Waals surface area contributed by atoms with Crippen molar-refractivity contribution >= 4 is 29.3 Å². The highest BCUT2D eigenvalue weighted by Gasteiger charge is 2.20. The molecule has 0 aliphatic rings. The minimum atomic E-state index is -0.293. The second-order valence-electron chi connectivity index (χ2n) is 7.11. The molecule has 1 N–H and O–H groups in total. The molecule has 152 valence electrons. The number of nitrogens with one attached hydrogen (secondary N) is 1. The van der Waals surface area contributed by atoms with E-state index in [1.807, 2.05) is 61.7 Å². The lowest BCUT2D eigenvalue weighted by Gasteiger charge is -2.17. The van der Waals surface area contributed by atoms with Gasteiger partial charge in [-0.25, -0.2) is 0 Å². The van der Waals surface area contributed by atoms with Gasteiger partial charge in [0.15, 0.2) is 5.16 Å². The predicted molar refractivity (Wildman–Crippen MR) is 119 cm³/mol. The van der Waals surface area contributed by atoms with Crippen molar-refractivity contribution < 1.29 is 4.79 Å². The second-order valence-corrected chi connectivity index (χ2v) is 8.83. The van der Waals surface area contributed by atoms with Crippen molar-refractivity contribution in [1.29, 1.82) is 0 Å². The van der Waals surface area contributed by atoms with Gasteiger partial charge in [0.1, 0.15) is 6.33 Å². The topological polar surface area (TPSA) is 59.8 Å². The molecule has 3 rings (SSSR count). The Morgan fingerprint density at radius 3 is 2.69 bits per heavy atom. The Balaban J connectivity index is 1.57. The molecule has 1 heterocycles. The maximum atomic E-state index is 12.6. The number of rotatable bonds is 8. The second kappa shape index (κ2) is 9.94. The van der Waals surface area contributed by atoms with Gasteiger partial charge in [0, 0.05) is 11.1 Å². The molecular weight excluding hydrogens is 404 g/mol. The number of nitrogens with zero attached hydrogens (tertiary/aromatic N) is 3. The Hall–Kier alpha value is -2.31. The minimum absolute atomic E-state index is 0.00736. The largest absolute Gasteiger partial charge is 0.353 e. The van der Waals surface area contributed by atoms with Crippen LogP contribution in [0, 0.1) is 6.92 Å². The van der Waals surface area contributed by atoms with Crippen LogP contribution in [-0.4, -0.2) is 32.0 Å². The van der Waals surface area contributed by atoms with Crippen LogP contribution in [0.25, 0.3) is 5.69 Å². The zero-order valence-electron chi connectivity index (χ0n) is 16.8. The van der Waals surface area contributed by atoms with E-state index < -0.39 is 0 Å². The molecule has 0 radical (unpaired) electrons. The van der Waals surface area contributed by atoms with Crippen molar-refractivity contribution in [3.8, 4) is 5.69 Å². The molecule has 2 aromatic carbocycles. The van der Waals surface area contributed by atoms with Gasteiger partial charge in [0.25, 0.3) is 0 Å². The molecule has 1 amide bonds. The average molecular weight is 429 g/mol. The van der Waals surface area contributed by atoms with Crippen molar-refractivity contribution in [3.63, 3.8) is 0 Å². The third-order valence-corrected chi connectivity index (χ3v) is 6.16. The van der Waals surface area contributed by atoms with E-state index in [9.17, 15) is 4.79 Å². The highest BCUT2D eigenvalue weighted by molar-refractivity contribution is 8.00. The number of carbonyl (C=O) groups is 1. The number of hydrogen-bond acceptors (Lipinski definition) is 4. The maximum Gasteiger partial charge on any atom is 0.233 e. The van der Waals surface area contributed by atoms with Crippen LogP contribution >= 0.6 is 23.4 Å². The molecule has 0 aliphatic heterocycles. The first-order valence-electron chi connectivity index (χ1n) is 9.61. The number of thioether (sulfide) groups is 1. The summed E-state index contributed by atoms with van der Waals surface area (Å²) in [5, 5.41) is 12.3. The van der Waals surface area contributed by atoms with Gasteiger partial charge in [0.05, 0.1) is 10.9 Å². The summed E-state index contributed by atoms with van der Waals surface area (Å²) in [5.41, 5.74) is 3.16. The Bertz CT molecular complexity index is 960. The van der Waals surface area contributed by atoms with Gasteiger partial charge in [-0.05, 0) is 56.9 Å². The third kappa shape index (κ3) is 5.84. The molecule has 3 aromatic rings. The summed E-state index contributed by atoms with van der Waals surface area (Å²) >= 11 is 7.63. The molecule has 2 atom stereocenters. The van der Waals surface area contributed by atoms with E-state index in [4.69, 9.17) is 11.6 Å². The van der Waals surface area contributed by atoms with Crippen LogP contribution in [0.3, 0.4) is 0 Å².